The minimum absolute atomic E-state index is 0.161. The Morgan fingerprint density at radius 2 is 2.03 bits per heavy atom. The monoisotopic (exact) mass is 431 g/mol. The molecule has 0 amide bonds. The number of H-pyrrole nitrogens is 1. The molecule has 10 heteroatoms. The van der Waals surface area contributed by atoms with E-state index in [4.69, 9.17) is 4.74 Å². The summed E-state index contributed by atoms with van der Waals surface area (Å²) in [7, 11) is 0. The SMILES string of the molecule is CCc1cc(=O)[nH]c(-c2ccc(N3CCC(Oc4ccc(C(F)(F)F)cn4)C3)nc2)n1. The van der Waals surface area contributed by atoms with Crippen LogP contribution in [-0.2, 0) is 12.6 Å². The fourth-order valence-electron chi connectivity index (χ4n) is 3.36. The molecule has 4 heterocycles. The molecule has 1 saturated heterocycles. The van der Waals surface area contributed by atoms with Crippen molar-refractivity contribution in [3.63, 3.8) is 0 Å². The van der Waals surface area contributed by atoms with E-state index < -0.39 is 11.7 Å². The molecule has 0 saturated carbocycles. The average molecular weight is 431 g/mol. The quantitative estimate of drug-likeness (QED) is 0.666. The summed E-state index contributed by atoms with van der Waals surface area (Å²) in [6.45, 7) is 3.16. The molecule has 1 unspecified atom stereocenters. The summed E-state index contributed by atoms with van der Waals surface area (Å²) in [5, 5.41) is 0. The van der Waals surface area contributed by atoms with Gasteiger partial charge in [-0.3, -0.25) is 4.79 Å². The Morgan fingerprint density at radius 1 is 1.19 bits per heavy atom. The Morgan fingerprint density at radius 3 is 2.68 bits per heavy atom. The maximum absolute atomic E-state index is 12.6. The molecule has 0 spiro atoms. The number of hydrogen-bond donors (Lipinski definition) is 1. The maximum Gasteiger partial charge on any atom is 0.417 e. The zero-order valence-electron chi connectivity index (χ0n) is 16.7. The van der Waals surface area contributed by atoms with E-state index in [1.165, 1.54) is 12.1 Å². The largest absolute Gasteiger partial charge is 0.472 e. The summed E-state index contributed by atoms with van der Waals surface area (Å²) in [6, 6.07) is 7.34. The second-order valence-corrected chi connectivity index (χ2v) is 7.20. The third kappa shape index (κ3) is 4.84. The lowest BCUT2D eigenvalue weighted by molar-refractivity contribution is -0.137. The van der Waals surface area contributed by atoms with Crippen LogP contribution in [0.15, 0.2) is 47.5 Å². The van der Waals surface area contributed by atoms with Crippen LogP contribution in [0.1, 0.15) is 24.6 Å². The van der Waals surface area contributed by atoms with Crippen LogP contribution in [0.3, 0.4) is 0 Å². The van der Waals surface area contributed by atoms with Gasteiger partial charge in [-0.15, -0.1) is 0 Å². The lowest BCUT2D eigenvalue weighted by atomic mass is 10.2. The second-order valence-electron chi connectivity index (χ2n) is 7.20. The van der Waals surface area contributed by atoms with E-state index in [0.717, 1.165) is 18.1 Å². The standard InChI is InChI=1S/C21H20F3N5O2/c1-2-15-9-18(30)28-20(27-15)13-3-5-17(25-10-13)29-8-7-16(12-29)31-19-6-4-14(11-26-19)21(22,23)24/h3-6,9-11,16H,2,7-8,12H2,1H3,(H,27,28,30). The van der Waals surface area contributed by atoms with Gasteiger partial charge in [0.05, 0.1) is 12.1 Å². The van der Waals surface area contributed by atoms with Crippen molar-refractivity contribution in [1.82, 2.24) is 19.9 Å². The summed E-state index contributed by atoms with van der Waals surface area (Å²) in [5.74, 6) is 1.37. The first-order valence-corrected chi connectivity index (χ1v) is 9.83. The normalized spacial score (nSPS) is 16.5. The lowest BCUT2D eigenvalue weighted by Gasteiger charge is -2.18. The first-order chi connectivity index (χ1) is 14.8. The van der Waals surface area contributed by atoms with Crippen LogP contribution in [0, 0.1) is 0 Å². The van der Waals surface area contributed by atoms with Crippen LogP contribution in [0.5, 0.6) is 5.88 Å². The van der Waals surface area contributed by atoms with E-state index in [-0.39, 0.29) is 17.5 Å². The van der Waals surface area contributed by atoms with Crippen molar-refractivity contribution in [2.24, 2.45) is 0 Å². The number of ether oxygens (including phenoxy) is 1. The molecular formula is C21H20F3N5O2. The lowest BCUT2D eigenvalue weighted by Crippen LogP contribution is -2.25. The van der Waals surface area contributed by atoms with Crippen molar-refractivity contribution >= 4 is 5.82 Å². The number of aromatic nitrogens is 4. The third-order valence-electron chi connectivity index (χ3n) is 5.00. The Kier molecular flexibility index (Phi) is 5.62. The van der Waals surface area contributed by atoms with E-state index in [9.17, 15) is 18.0 Å². The molecule has 4 rings (SSSR count). The summed E-state index contributed by atoms with van der Waals surface area (Å²) >= 11 is 0. The van der Waals surface area contributed by atoms with Gasteiger partial charge in [0, 0.05) is 48.7 Å². The van der Waals surface area contributed by atoms with E-state index >= 15 is 0 Å². The van der Waals surface area contributed by atoms with Crippen LogP contribution >= 0.6 is 0 Å². The third-order valence-corrected chi connectivity index (χ3v) is 5.00. The van der Waals surface area contributed by atoms with Gasteiger partial charge in [0.25, 0.3) is 5.56 Å². The van der Waals surface area contributed by atoms with Crippen molar-refractivity contribution < 1.29 is 17.9 Å². The van der Waals surface area contributed by atoms with Crippen LogP contribution in [0.25, 0.3) is 11.4 Å². The van der Waals surface area contributed by atoms with Gasteiger partial charge in [0.1, 0.15) is 17.7 Å². The van der Waals surface area contributed by atoms with Crippen molar-refractivity contribution in [3.05, 3.63) is 64.3 Å². The van der Waals surface area contributed by atoms with Crippen LogP contribution < -0.4 is 15.2 Å². The van der Waals surface area contributed by atoms with Crippen molar-refractivity contribution in [2.75, 3.05) is 18.0 Å². The number of hydrogen-bond acceptors (Lipinski definition) is 6. The van der Waals surface area contributed by atoms with Crippen molar-refractivity contribution in [2.45, 2.75) is 32.0 Å². The van der Waals surface area contributed by atoms with Crippen molar-refractivity contribution in [1.29, 1.82) is 0 Å². The molecule has 3 aromatic rings. The van der Waals surface area contributed by atoms with Gasteiger partial charge in [0.2, 0.25) is 5.88 Å². The number of alkyl halides is 3. The topological polar surface area (TPSA) is 84.0 Å². The van der Waals surface area contributed by atoms with Gasteiger partial charge in [0.15, 0.2) is 0 Å². The highest BCUT2D eigenvalue weighted by Crippen LogP contribution is 2.30. The number of rotatable bonds is 5. The zero-order valence-corrected chi connectivity index (χ0v) is 16.7. The van der Waals surface area contributed by atoms with E-state index in [1.807, 2.05) is 24.0 Å². The second kappa shape index (κ2) is 8.37. The van der Waals surface area contributed by atoms with Crippen molar-refractivity contribution in [3.8, 4) is 17.3 Å². The smallest absolute Gasteiger partial charge is 0.417 e. The number of anilines is 1. The minimum atomic E-state index is -4.42. The Balaban J connectivity index is 1.40. The number of nitrogens with one attached hydrogen (secondary N) is 1. The minimum Gasteiger partial charge on any atom is -0.472 e. The Labute approximate surface area is 176 Å². The summed E-state index contributed by atoms with van der Waals surface area (Å²) in [6.07, 6.45) is -0.851. The van der Waals surface area contributed by atoms with Gasteiger partial charge in [-0.2, -0.15) is 13.2 Å². The molecule has 0 bridgehead atoms. The molecule has 3 aromatic heterocycles. The van der Waals surface area contributed by atoms with E-state index in [1.54, 1.807) is 6.20 Å². The highest BCUT2D eigenvalue weighted by molar-refractivity contribution is 5.56. The van der Waals surface area contributed by atoms with Gasteiger partial charge in [-0.1, -0.05) is 6.92 Å². The number of halogens is 3. The molecule has 0 aliphatic carbocycles. The van der Waals surface area contributed by atoms with Crippen LogP contribution in [0.4, 0.5) is 19.0 Å². The van der Waals surface area contributed by atoms with Crippen LogP contribution in [0.2, 0.25) is 0 Å². The molecule has 31 heavy (non-hydrogen) atoms. The van der Waals surface area contributed by atoms with E-state index in [0.29, 0.717) is 43.0 Å². The molecule has 7 nitrogen and oxygen atoms in total. The van der Waals surface area contributed by atoms with Gasteiger partial charge < -0.3 is 14.6 Å². The Hall–Kier alpha value is -3.43. The predicted octanol–water partition coefficient (Wildman–Crippen LogP) is 3.47. The highest BCUT2D eigenvalue weighted by atomic mass is 19.4. The molecular weight excluding hydrogens is 411 g/mol. The number of nitrogens with zero attached hydrogens (tertiary/aromatic N) is 4. The number of aromatic amines is 1. The summed E-state index contributed by atoms with van der Waals surface area (Å²) in [4.78, 5) is 29.2. The van der Waals surface area contributed by atoms with Gasteiger partial charge in [-0.05, 0) is 24.6 Å². The van der Waals surface area contributed by atoms with E-state index in [2.05, 4.69) is 19.9 Å². The number of pyridine rings is 2. The maximum atomic E-state index is 12.6. The Bertz CT molecular complexity index is 1100. The highest BCUT2D eigenvalue weighted by Gasteiger charge is 2.31. The number of aryl methyl sites for hydroxylation is 1. The molecule has 0 aromatic carbocycles. The van der Waals surface area contributed by atoms with Gasteiger partial charge in [-0.25, -0.2) is 15.0 Å². The fourth-order valence-corrected chi connectivity index (χ4v) is 3.36. The average Bonchev–Trinajstić information content (AvgIpc) is 3.21. The summed E-state index contributed by atoms with van der Waals surface area (Å²) in [5.41, 5.74) is 0.399. The zero-order chi connectivity index (χ0) is 22.0. The molecule has 1 N–H and O–H groups in total. The molecule has 162 valence electrons. The van der Waals surface area contributed by atoms with Gasteiger partial charge >= 0.3 is 6.18 Å². The first kappa shape index (κ1) is 20.8. The molecule has 1 atom stereocenters. The van der Waals surface area contributed by atoms with Crippen LogP contribution in [-0.4, -0.2) is 39.1 Å². The molecule has 1 aliphatic heterocycles. The fraction of sp³-hybridized carbons (Fsp3) is 0.333. The molecule has 1 aliphatic rings. The predicted molar refractivity (Wildman–Crippen MR) is 108 cm³/mol. The summed E-state index contributed by atoms with van der Waals surface area (Å²) < 4.78 is 43.7. The molecule has 1 fully saturated rings. The molecule has 0 radical (unpaired) electrons. The first-order valence-electron chi connectivity index (χ1n) is 9.83.